The van der Waals surface area contributed by atoms with Crippen molar-refractivity contribution >= 4 is 23.1 Å². The third-order valence-corrected chi connectivity index (χ3v) is 5.57. The lowest BCUT2D eigenvalue weighted by molar-refractivity contribution is 0.302. The molecule has 0 amide bonds. The molecule has 3 rings (SSSR count). The van der Waals surface area contributed by atoms with E-state index in [1.54, 1.807) is 7.11 Å². The molecule has 1 fully saturated rings. The first-order valence-corrected chi connectivity index (χ1v) is 10.2. The summed E-state index contributed by atoms with van der Waals surface area (Å²) in [5.41, 5.74) is 7.47. The van der Waals surface area contributed by atoms with Gasteiger partial charge in [0.15, 0.2) is 0 Å². The maximum absolute atomic E-state index is 6.34. The molecule has 0 saturated heterocycles. The van der Waals surface area contributed by atoms with Crippen molar-refractivity contribution in [3.8, 4) is 5.75 Å². The second kappa shape index (κ2) is 8.75. The highest BCUT2D eigenvalue weighted by atomic mass is 32.1. The van der Waals surface area contributed by atoms with E-state index in [1.807, 2.05) is 6.07 Å². The van der Waals surface area contributed by atoms with Crippen LogP contribution in [0.15, 0.2) is 30.3 Å². The number of thiocarbonyl (C=S) groups is 1. The van der Waals surface area contributed by atoms with E-state index in [0.717, 1.165) is 24.3 Å². The molecule has 0 bridgehead atoms. The minimum Gasteiger partial charge on any atom is -0.489 e. The fraction of sp³-hybridized carbons (Fsp3) is 0.435. The highest BCUT2D eigenvalue weighted by Gasteiger charge is 2.27. The van der Waals surface area contributed by atoms with Crippen LogP contribution in [0.2, 0.25) is 0 Å². The average Bonchev–Trinajstić information content (AvgIpc) is 3.51. The highest BCUT2D eigenvalue weighted by molar-refractivity contribution is 7.80. The van der Waals surface area contributed by atoms with Crippen molar-refractivity contribution < 1.29 is 9.47 Å². The second-order valence-electron chi connectivity index (χ2n) is 7.15. The summed E-state index contributed by atoms with van der Waals surface area (Å²) in [6, 6.07) is 10.8. The van der Waals surface area contributed by atoms with E-state index in [0.29, 0.717) is 17.7 Å². The number of aryl methyl sites for hydroxylation is 3. The molecular formula is C23H29NO2S. The zero-order chi connectivity index (χ0) is 19.4. The third-order valence-electron chi connectivity index (χ3n) is 5.30. The molecule has 1 aliphatic carbocycles. The molecule has 1 aliphatic rings. The van der Waals surface area contributed by atoms with Gasteiger partial charge in [0, 0.05) is 11.3 Å². The minimum absolute atomic E-state index is 0.376. The molecular weight excluding hydrogens is 354 g/mol. The van der Waals surface area contributed by atoms with Crippen LogP contribution in [-0.2, 0) is 24.2 Å². The van der Waals surface area contributed by atoms with E-state index in [1.165, 1.54) is 40.7 Å². The van der Waals surface area contributed by atoms with Crippen LogP contribution in [0.3, 0.4) is 0 Å². The standard InChI is InChI=1S/C23H29NO2S/c1-5-16-13-17(6-2)22(12-15(16)3)26-14-20-19(18-10-11-18)8-7-9-21(20)24-23(27)25-4/h7-9,12-13,18H,5-6,10-11,14H2,1-4H3,(H,24,27). The summed E-state index contributed by atoms with van der Waals surface area (Å²) in [6.45, 7) is 7.07. The van der Waals surface area contributed by atoms with E-state index in [9.17, 15) is 0 Å². The van der Waals surface area contributed by atoms with Gasteiger partial charge in [-0.2, -0.15) is 0 Å². The molecule has 3 nitrogen and oxygen atoms in total. The van der Waals surface area contributed by atoms with Crippen LogP contribution >= 0.6 is 12.2 Å². The van der Waals surface area contributed by atoms with E-state index < -0.39 is 0 Å². The number of methoxy groups -OCH3 is 1. The summed E-state index contributed by atoms with van der Waals surface area (Å²) in [5, 5.41) is 3.58. The number of anilines is 1. The highest BCUT2D eigenvalue weighted by Crippen LogP contribution is 2.43. The van der Waals surface area contributed by atoms with Gasteiger partial charge in [-0.3, -0.25) is 0 Å². The Morgan fingerprint density at radius 3 is 2.52 bits per heavy atom. The monoisotopic (exact) mass is 383 g/mol. The molecule has 1 N–H and O–H groups in total. The first-order chi connectivity index (χ1) is 13.1. The fourth-order valence-electron chi connectivity index (χ4n) is 3.54. The molecule has 0 unspecified atom stereocenters. The van der Waals surface area contributed by atoms with Crippen molar-refractivity contribution in [1.29, 1.82) is 0 Å². The van der Waals surface area contributed by atoms with Crippen molar-refractivity contribution in [1.82, 2.24) is 0 Å². The van der Waals surface area contributed by atoms with Crippen LogP contribution in [0.5, 0.6) is 5.75 Å². The molecule has 0 radical (unpaired) electrons. The van der Waals surface area contributed by atoms with Crippen molar-refractivity contribution in [3.05, 3.63) is 58.1 Å². The Labute approximate surface area is 168 Å². The van der Waals surface area contributed by atoms with Crippen LogP contribution in [0, 0.1) is 6.92 Å². The zero-order valence-electron chi connectivity index (χ0n) is 16.7. The molecule has 0 spiro atoms. The molecule has 2 aromatic carbocycles. The molecule has 2 aromatic rings. The number of hydrogen-bond acceptors (Lipinski definition) is 3. The van der Waals surface area contributed by atoms with Crippen molar-refractivity contribution in [2.24, 2.45) is 0 Å². The lowest BCUT2D eigenvalue weighted by Crippen LogP contribution is -2.14. The van der Waals surface area contributed by atoms with Gasteiger partial charge in [-0.05, 0) is 85.1 Å². The molecule has 0 heterocycles. The van der Waals surface area contributed by atoms with Gasteiger partial charge < -0.3 is 14.8 Å². The van der Waals surface area contributed by atoms with E-state index in [2.05, 4.69) is 50.4 Å². The summed E-state index contributed by atoms with van der Waals surface area (Å²) >= 11 is 5.21. The van der Waals surface area contributed by atoms with Crippen LogP contribution in [0.1, 0.15) is 60.4 Å². The predicted molar refractivity (Wildman–Crippen MR) is 116 cm³/mol. The number of benzene rings is 2. The second-order valence-corrected chi connectivity index (χ2v) is 7.52. The molecule has 4 heteroatoms. The number of nitrogens with one attached hydrogen (secondary N) is 1. The Morgan fingerprint density at radius 2 is 1.89 bits per heavy atom. The minimum atomic E-state index is 0.376. The SMILES string of the molecule is CCc1cc(CC)c(OCc2c(NC(=S)OC)cccc2C2CC2)cc1C. The Balaban J connectivity index is 1.89. The molecule has 0 aromatic heterocycles. The Morgan fingerprint density at radius 1 is 1.15 bits per heavy atom. The Kier molecular flexibility index (Phi) is 6.38. The van der Waals surface area contributed by atoms with Gasteiger partial charge in [-0.15, -0.1) is 0 Å². The third kappa shape index (κ3) is 4.62. The molecule has 1 saturated carbocycles. The van der Waals surface area contributed by atoms with E-state index in [4.69, 9.17) is 21.7 Å². The van der Waals surface area contributed by atoms with Crippen LogP contribution < -0.4 is 10.1 Å². The summed E-state index contributed by atoms with van der Waals surface area (Å²) < 4.78 is 11.5. The van der Waals surface area contributed by atoms with Gasteiger partial charge in [0.2, 0.25) is 0 Å². The van der Waals surface area contributed by atoms with Crippen molar-refractivity contribution in [2.75, 3.05) is 12.4 Å². The molecule has 27 heavy (non-hydrogen) atoms. The summed E-state index contributed by atoms with van der Waals surface area (Å²) in [7, 11) is 1.59. The first-order valence-electron chi connectivity index (χ1n) is 9.79. The van der Waals surface area contributed by atoms with Crippen molar-refractivity contribution in [3.63, 3.8) is 0 Å². The number of ether oxygens (including phenoxy) is 2. The van der Waals surface area contributed by atoms with Gasteiger partial charge in [-0.1, -0.05) is 32.0 Å². The average molecular weight is 384 g/mol. The number of rotatable bonds is 7. The normalized spacial score (nSPS) is 13.3. The fourth-order valence-corrected chi connectivity index (χ4v) is 3.65. The quantitative estimate of drug-likeness (QED) is 0.601. The van der Waals surface area contributed by atoms with Crippen molar-refractivity contribution in [2.45, 2.75) is 59.0 Å². The first kappa shape index (κ1) is 19.7. The summed E-state index contributed by atoms with van der Waals surface area (Å²) in [6.07, 6.45) is 4.50. The smallest absolute Gasteiger partial charge is 0.260 e. The summed E-state index contributed by atoms with van der Waals surface area (Å²) in [4.78, 5) is 0. The van der Waals surface area contributed by atoms with Gasteiger partial charge >= 0.3 is 0 Å². The topological polar surface area (TPSA) is 30.5 Å². The maximum Gasteiger partial charge on any atom is 0.260 e. The summed E-state index contributed by atoms with van der Waals surface area (Å²) in [5.74, 6) is 1.62. The van der Waals surface area contributed by atoms with Gasteiger partial charge in [0.25, 0.3) is 5.17 Å². The number of hydrogen-bond donors (Lipinski definition) is 1. The maximum atomic E-state index is 6.34. The van der Waals surface area contributed by atoms with Gasteiger partial charge in [0.05, 0.1) is 7.11 Å². The Bertz CT molecular complexity index is 827. The van der Waals surface area contributed by atoms with Gasteiger partial charge in [0.1, 0.15) is 12.4 Å². The Hall–Kier alpha value is -2.07. The predicted octanol–water partition coefficient (Wildman–Crippen LogP) is 5.92. The lowest BCUT2D eigenvalue weighted by atomic mass is 10.00. The lowest BCUT2D eigenvalue weighted by Gasteiger charge is -2.19. The zero-order valence-corrected chi connectivity index (χ0v) is 17.5. The largest absolute Gasteiger partial charge is 0.489 e. The van der Waals surface area contributed by atoms with E-state index in [-0.39, 0.29) is 0 Å². The molecule has 0 aliphatic heterocycles. The van der Waals surface area contributed by atoms with Crippen LogP contribution in [-0.4, -0.2) is 12.3 Å². The van der Waals surface area contributed by atoms with Crippen LogP contribution in [0.4, 0.5) is 5.69 Å². The van der Waals surface area contributed by atoms with Crippen LogP contribution in [0.25, 0.3) is 0 Å². The molecule has 144 valence electrons. The van der Waals surface area contributed by atoms with Gasteiger partial charge in [-0.25, -0.2) is 0 Å². The van der Waals surface area contributed by atoms with E-state index >= 15 is 0 Å². The molecule has 0 atom stereocenters.